The van der Waals surface area contributed by atoms with Crippen molar-refractivity contribution in [2.24, 2.45) is 0 Å². The Bertz CT molecular complexity index is 512. The molecule has 0 saturated heterocycles. The summed E-state index contributed by atoms with van der Waals surface area (Å²) in [5, 5.41) is 1.03. The predicted molar refractivity (Wildman–Crippen MR) is 53.8 cm³/mol. The summed E-state index contributed by atoms with van der Waals surface area (Å²) in [4.78, 5) is 10.0. The van der Waals surface area contributed by atoms with Crippen molar-refractivity contribution in [3.8, 4) is 11.8 Å². The van der Waals surface area contributed by atoms with Crippen LogP contribution in [0, 0.1) is 11.8 Å². The van der Waals surface area contributed by atoms with Crippen molar-refractivity contribution in [2.75, 3.05) is 0 Å². The van der Waals surface area contributed by atoms with Crippen LogP contribution in [0.5, 0.6) is 0 Å². The van der Waals surface area contributed by atoms with Gasteiger partial charge in [0.2, 0.25) is 0 Å². The summed E-state index contributed by atoms with van der Waals surface area (Å²) in [6, 6.07) is 7.58. The smallest absolute Gasteiger partial charge is 0.133 e. The van der Waals surface area contributed by atoms with Gasteiger partial charge in [0.1, 0.15) is 11.9 Å². The van der Waals surface area contributed by atoms with E-state index in [0.29, 0.717) is 0 Å². The highest BCUT2D eigenvalue weighted by Gasteiger charge is 1.95. The van der Waals surface area contributed by atoms with Gasteiger partial charge in [0.15, 0.2) is 0 Å². The molecule has 1 heterocycles. The first-order valence-corrected chi connectivity index (χ1v) is 4.30. The van der Waals surface area contributed by atoms with E-state index in [2.05, 4.69) is 11.8 Å². The zero-order valence-corrected chi connectivity index (χ0v) is 7.49. The van der Waals surface area contributed by atoms with Gasteiger partial charge in [-0.1, -0.05) is 11.8 Å². The molecule has 14 heavy (non-hydrogen) atoms. The molecule has 2 nitrogen and oxygen atoms in total. The van der Waals surface area contributed by atoms with E-state index < -0.39 is 0 Å². The first-order chi connectivity index (χ1) is 6.90. The minimum atomic E-state index is 0.281. The molecule has 68 valence electrons. The molecule has 0 radical (unpaired) electrons. The Labute approximate surface area is 81.5 Å². The van der Waals surface area contributed by atoms with Gasteiger partial charge in [-0.25, -0.2) is 0 Å². The number of benzene rings is 1. The lowest BCUT2D eigenvalue weighted by Gasteiger charge is -1.89. The Morgan fingerprint density at radius 3 is 3.14 bits per heavy atom. The first-order valence-electron chi connectivity index (χ1n) is 4.30. The van der Waals surface area contributed by atoms with Crippen LogP contribution in [0.2, 0.25) is 0 Å². The second-order valence-electron chi connectivity index (χ2n) is 2.85. The van der Waals surface area contributed by atoms with Crippen molar-refractivity contribution in [3.63, 3.8) is 0 Å². The average molecular weight is 184 g/mol. The summed E-state index contributed by atoms with van der Waals surface area (Å²) in [5.74, 6) is 5.66. The molecule has 0 atom stereocenters. The molecule has 2 aromatic rings. The third-order valence-corrected chi connectivity index (χ3v) is 1.87. The van der Waals surface area contributed by atoms with Gasteiger partial charge in [0.25, 0.3) is 0 Å². The van der Waals surface area contributed by atoms with E-state index in [4.69, 9.17) is 4.42 Å². The zero-order valence-electron chi connectivity index (χ0n) is 7.49. The minimum absolute atomic E-state index is 0.281. The molecule has 0 fully saturated rings. The maximum Gasteiger partial charge on any atom is 0.133 e. The Kier molecular flexibility index (Phi) is 2.33. The van der Waals surface area contributed by atoms with Gasteiger partial charge in [0.05, 0.1) is 12.7 Å². The molecule has 2 rings (SSSR count). The fraction of sp³-hybridized carbons (Fsp3) is 0.0833. The van der Waals surface area contributed by atoms with Crippen LogP contribution in [0.3, 0.4) is 0 Å². The molecule has 0 aliphatic heterocycles. The zero-order chi connectivity index (χ0) is 9.80. The van der Waals surface area contributed by atoms with Crippen molar-refractivity contribution < 1.29 is 9.21 Å². The summed E-state index contributed by atoms with van der Waals surface area (Å²) in [6.07, 6.45) is 2.72. The Balaban J connectivity index is 2.35. The van der Waals surface area contributed by atoms with Crippen LogP contribution < -0.4 is 0 Å². The molecule has 0 N–H and O–H groups in total. The lowest BCUT2D eigenvalue weighted by atomic mass is 10.1. The van der Waals surface area contributed by atoms with Gasteiger partial charge in [-0.3, -0.25) is 0 Å². The number of aldehydes is 1. The van der Waals surface area contributed by atoms with Crippen LogP contribution in [0.25, 0.3) is 11.0 Å². The Morgan fingerprint density at radius 1 is 1.36 bits per heavy atom. The number of furan rings is 1. The van der Waals surface area contributed by atoms with E-state index >= 15 is 0 Å². The topological polar surface area (TPSA) is 30.2 Å². The van der Waals surface area contributed by atoms with E-state index in [0.717, 1.165) is 22.8 Å². The minimum Gasteiger partial charge on any atom is -0.464 e. The SMILES string of the molecule is O=CCC#Cc1ccc2occc2c1. The van der Waals surface area contributed by atoms with Crippen LogP contribution in [0.15, 0.2) is 34.9 Å². The van der Waals surface area contributed by atoms with Gasteiger partial charge in [0, 0.05) is 10.9 Å². The number of fused-ring (bicyclic) bond motifs is 1. The number of rotatable bonds is 1. The largest absolute Gasteiger partial charge is 0.464 e. The quantitative estimate of drug-likeness (QED) is 0.503. The molecule has 0 bridgehead atoms. The average Bonchev–Trinajstić information content (AvgIpc) is 2.65. The number of carbonyl (C=O) groups is 1. The highest BCUT2D eigenvalue weighted by molar-refractivity contribution is 5.78. The number of hydrogen-bond acceptors (Lipinski definition) is 2. The molecule has 1 aromatic carbocycles. The van der Waals surface area contributed by atoms with Crippen LogP contribution in [0.1, 0.15) is 12.0 Å². The van der Waals surface area contributed by atoms with Crippen LogP contribution in [-0.2, 0) is 4.79 Å². The number of hydrogen-bond donors (Lipinski definition) is 0. The van der Waals surface area contributed by atoms with Gasteiger partial charge >= 0.3 is 0 Å². The predicted octanol–water partition coefficient (Wildman–Crippen LogP) is 2.37. The first kappa shape index (κ1) is 8.58. The van der Waals surface area contributed by atoms with Gasteiger partial charge in [-0.05, 0) is 24.3 Å². The lowest BCUT2D eigenvalue weighted by molar-refractivity contribution is -0.107. The molecule has 0 spiro atoms. The monoisotopic (exact) mass is 184 g/mol. The Hall–Kier alpha value is -2.01. The molecule has 2 heteroatoms. The highest BCUT2D eigenvalue weighted by atomic mass is 16.3. The molecular formula is C12H8O2. The van der Waals surface area contributed by atoms with E-state index in [9.17, 15) is 4.79 Å². The molecule has 0 unspecified atom stereocenters. The van der Waals surface area contributed by atoms with Crippen LogP contribution in [-0.4, -0.2) is 6.29 Å². The third kappa shape index (κ3) is 1.67. The maximum absolute atomic E-state index is 10.0. The molecule has 0 aliphatic carbocycles. The lowest BCUT2D eigenvalue weighted by Crippen LogP contribution is -1.73. The second-order valence-corrected chi connectivity index (χ2v) is 2.85. The van der Waals surface area contributed by atoms with Crippen molar-refractivity contribution in [1.82, 2.24) is 0 Å². The summed E-state index contributed by atoms with van der Waals surface area (Å²) in [7, 11) is 0. The molecule has 0 amide bonds. The summed E-state index contributed by atoms with van der Waals surface area (Å²) in [5.41, 5.74) is 1.76. The molecule has 0 aliphatic rings. The normalized spacial score (nSPS) is 9.43. The van der Waals surface area contributed by atoms with Crippen LogP contribution >= 0.6 is 0 Å². The Morgan fingerprint density at radius 2 is 2.29 bits per heavy atom. The fourth-order valence-electron chi connectivity index (χ4n) is 1.24. The van der Waals surface area contributed by atoms with Crippen molar-refractivity contribution >= 4 is 17.3 Å². The van der Waals surface area contributed by atoms with E-state index in [1.165, 1.54) is 0 Å². The van der Waals surface area contributed by atoms with E-state index in [1.54, 1.807) is 6.26 Å². The van der Waals surface area contributed by atoms with Crippen molar-refractivity contribution in [2.45, 2.75) is 6.42 Å². The third-order valence-electron chi connectivity index (χ3n) is 1.87. The van der Waals surface area contributed by atoms with Gasteiger partial charge in [-0.2, -0.15) is 0 Å². The van der Waals surface area contributed by atoms with Crippen molar-refractivity contribution in [3.05, 3.63) is 36.1 Å². The van der Waals surface area contributed by atoms with Gasteiger partial charge in [-0.15, -0.1) is 0 Å². The number of carbonyl (C=O) groups excluding carboxylic acids is 1. The standard InChI is InChI=1S/C12H8O2/c13-7-2-1-3-10-4-5-12-11(9-10)6-8-14-12/h4-9H,2H2. The molecular weight excluding hydrogens is 176 g/mol. The summed E-state index contributed by atoms with van der Waals surface area (Å²) in [6.45, 7) is 0. The molecule has 0 saturated carbocycles. The second kappa shape index (κ2) is 3.80. The molecule has 1 aromatic heterocycles. The van der Waals surface area contributed by atoms with Crippen LogP contribution in [0.4, 0.5) is 0 Å². The highest BCUT2D eigenvalue weighted by Crippen LogP contribution is 2.16. The summed E-state index contributed by atoms with van der Waals surface area (Å²) < 4.78 is 5.19. The van der Waals surface area contributed by atoms with E-state index in [1.807, 2.05) is 24.3 Å². The summed E-state index contributed by atoms with van der Waals surface area (Å²) >= 11 is 0. The van der Waals surface area contributed by atoms with E-state index in [-0.39, 0.29) is 6.42 Å². The fourth-order valence-corrected chi connectivity index (χ4v) is 1.24. The maximum atomic E-state index is 10.0. The van der Waals surface area contributed by atoms with Crippen molar-refractivity contribution in [1.29, 1.82) is 0 Å². The van der Waals surface area contributed by atoms with Gasteiger partial charge < -0.3 is 9.21 Å².